The van der Waals surface area contributed by atoms with Crippen molar-refractivity contribution in [3.05, 3.63) is 0 Å². The maximum Gasteiger partial charge on any atom is 0.0594 e. The highest BCUT2D eigenvalue weighted by Crippen LogP contribution is 2.29. The fourth-order valence-corrected chi connectivity index (χ4v) is 4.77. The zero-order chi connectivity index (χ0) is 22.3. The zero-order valence-electron chi connectivity index (χ0n) is 20.7. The lowest BCUT2D eigenvalue weighted by molar-refractivity contribution is 0.0417. The van der Waals surface area contributed by atoms with Crippen LogP contribution in [0.1, 0.15) is 21.7 Å². The van der Waals surface area contributed by atoms with Gasteiger partial charge in [-0.25, -0.2) is 0 Å². The maximum atomic E-state index is 5.97. The molecule has 1 unspecified atom stereocenters. The summed E-state index contributed by atoms with van der Waals surface area (Å²) in [5.41, 5.74) is 0. The molecule has 3 heterocycles. The topological polar surface area (TPSA) is 52.7 Å². The van der Waals surface area contributed by atoms with Crippen molar-refractivity contribution in [2.75, 3.05) is 119 Å². The molecule has 8 nitrogen and oxygen atoms in total. The summed E-state index contributed by atoms with van der Waals surface area (Å²) in [7, 11) is 3.74. The number of piperazine rings is 2. The van der Waals surface area contributed by atoms with Crippen molar-refractivity contribution in [2.24, 2.45) is 0 Å². The molecule has 3 fully saturated rings. The van der Waals surface area contributed by atoms with Crippen molar-refractivity contribution < 1.29 is 15.6 Å². The fourth-order valence-electron chi connectivity index (χ4n) is 4.77. The molecule has 0 saturated carbocycles. The lowest BCUT2D eigenvalue weighted by Gasteiger charge is -2.35. The van der Waals surface area contributed by atoms with Gasteiger partial charge >= 0.3 is 0 Å². The fraction of sp³-hybridized carbons (Fsp3) is 1.00. The Morgan fingerprint density at radius 2 is 1.23 bits per heavy atom. The standard InChI is InChI=1S/C21H43N5O3.C2H6.H2/c1-22-3-12-28-15-10-25-18-21-17-20(25)19-26(21)11-16-29-14-9-24-6-4-23(5-7-24)8-13-27-2;1-2;/h20-22H,3-19H2,1-2H3;1-2H3;1H/t20-,21?;;/m0../s1. The van der Waals surface area contributed by atoms with Gasteiger partial charge in [0, 0.05) is 92.6 Å². The molecule has 0 aromatic rings. The molecule has 0 aliphatic carbocycles. The van der Waals surface area contributed by atoms with Gasteiger partial charge in [0.15, 0.2) is 0 Å². The summed E-state index contributed by atoms with van der Waals surface area (Å²) in [6.07, 6.45) is 1.32. The van der Waals surface area contributed by atoms with E-state index in [4.69, 9.17) is 14.2 Å². The van der Waals surface area contributed by atoms with E-state index in [0.29, 0.717) is 0 Å². The van der Waals surface area contributed by atoms with E-state index in [-0.39, 0.29) is 1.43 Å². The Morgan fingerprint density at radius 1 is 0.742 bits per heavy atom. The predicted molar refractivity (Wildman–Crippen MR) is 129 cm³/mol. The Hall–Kier alpha value is -0.320. The third-order valence-corrected chi connectivity index (χ3v) is 6.64. The molecule has 3 saturated heterocycles. The number of likely N-dealkylation sites (tertiary alicyclic amines) is 2. The third-order valence-electron chi connectivity index (χ3n) is 6.64. The maximum absolute atomic E-state index is 5.97. The lowest BCUT2D eigenvalue weighted by atomic mass is 10.2. The molecule has 186 valence electrons. The first kappa shape index (κ1) is 26.9. The number of hydrogen-bond donors (Lipinski definition) is 1. The Labute approximate surface area is 192 Å². The normalized spacial score (nSPS) is 25.2. The first-order valence-corrected chi connectivity index (χ1v) is 12.5. The highest BCUT2D eigenvalue weighted by Gasteiger charge is 2.42. The average Bonchev–Trinajstić information content (AvgIpc) is 3.40. The minimum Gasteiger partial charge on any atom is -0.383 e. The summed E-state index contributed by atoms with van der Waals surface area (Å²) in [5.74, 6) is 0. The Kier molecular flexibility index (Phi) is 14.2. The van der Waals surface area contributed by atoms with Crippen molar-refractivity contribution >= 4 is 0 Å². The number of fused-ring (bicyclic) bond motifs is 2. The van der Waals surface area contributed by atoms with Gasteiger partial charge in [0.25, 0.3) is 0 Å². The van der Waals surface area contributed by atoms with Crippen LogP contribution in [0.25, 0.3) is 0 Å². The predicted octanol–water partition coefficient (Wildman–Crippen LogP) is 0.534. The third kappa shape index (κ3) is 9.60. The molecule has 3 aliphatic heterocycles. The molecule has 0 aromatic heterocycles. The van der Waals surface area contributed by atoms with Gasteiger partial charge in [0.05, 0.1) is 33.0 Å². The number of rotatable bonds is 15. The summed E-state index contributed by atoms with van der Waals surface area (Å²) < 4.78 is 16.8. The monoisotopic (exact) mass is 445 g/mol. The van der Waals surface area contributed by atoms with E-state index in [2.05, 4.69) is 24.9 Å². The highest BCUT2D eigenvalue weighted by molar-refractivity contribution is 4.99. The molecule has 0 spiro atoms. The second kappa shape index (κ2) is 16.3. The van der Waals surface area contributed by atoms with Gasteiger partial charge in [-0.3, -0.25) is 19.6 Å². The summed E-state index contributed by atoms with van der Waals surface area (Å²) in [6, 6.07) is 1.45. The smallest absolute Gasteiger partial charge is 0.0594 e. The zero-order valence-corrected chi connectivity index (χ0v) is 20.7. The van der Waals surface area contributed by atoms with E-state index in [1.165, 1.54) is 19.5 Å². The van der Waals surface area contributed by atoms with E-state index >= 15 is 0 Å². The van der Waals surface area contributed by atoms with E-state index < -0.39 is 0 Å². The number of nitrogens with one attached hydrogen (secondary N) is 1. The van der Waals surface area contributed by atoms with Crippen molar-refractivity contribution in [1.29, 1.82) is 0 Å². The largest absolute Gasteiger partial charge is 0.383 e. The number of hydrogen-bond acceptors (Lipinski definition) is 8. The van der Waals surface area contributed by atoms with Gasteiger partial charge < -0.3 is 19.5 Å². The number of methoxy groups -OCH3 is 1. The van der Waals surface area contributed by atoms with Gasteiger partial charge in [-0.15, -0.1) is 0 Å². The summed E-state index contributed by atoms with van der Waals surface area (Å²) in [4.78, 5) is 10.3. The minimum absolute atomic E-state index is 0. The SMILES string of the molecule is CC.CNCCOCCN1CC2C[C@H]1CN2CCOCCN1CCN(CCOC)CC1.[HH]. The minimum atomic E-state index is 0. The molecule has 0 aromatic carbocycles. The second-order valence-electron chi connectivity index (χ2n) is 8.54. The average molecular weight is 446 g/mol. The molecule has 0 amide bonds. The first-order valence-electron chi connectivity index (χ1n) is 12.5. The first-order chi connectivity index (χ1) is 15.3. The molecule has 2 atom stereocenters. The molecule has 2 bridgehead atoms. The summed E-state index contributed by atoms with van der Waals surface area (Å²) >= 11 is 0. The van der Waals surface area contributed by atoms with Gasteiger partial charge in [-0.2, -0.15) is 0 Å². The summed E-state index contributed by atoms with van der Waals surface area (Å²) in [5, 5.41) is 3.12. The van der Waals surface area contributed by atoms with Gasteiger partial charge in [-0.05, 0) is 13.5 Å². The Balaban J connectivity index is 0.00000166. The second-order valence-corrected chi connectivity index (χ2v) is 8.54. The van der Waals surface area contributed by atoms with Gasteiger partial charge in [0.2, 0.25) is 0 Å². The van der Waals surface area contributed by atoms with Crippen LogP contribution in [0.4, 0.5) is 0 Å². The molecule has 31 heavy (non-hydrogen) atoms. The molecular formula is C23H51N5O3. The van der Waals surface area contributed by atoms with E-state index in [9.17, 15) is 0 Å². The van der Waals surface area contributed by atoms with Crippen LogP contribution in [0, 0.1) is 0 Å². The van der Waals surface area contributed by atoms with Crippen LogP contribution in [-0.4, -0.2) is 151 Å². The lowest BCUT2D eigenvalue weighted by Crippen LogP contribution is -2.48. The van der Waals surface area contributed by atoms with Gasteiger partial charge in [-0.1, -0.05) is 13.8 Å². The quantitative estimate of drug-likeness (QED) is 0.367. The Bertz CT molecular complexity index is 444. The van der Waals surface area contributed by atoms with Crippen LogP contribution < -0.4 is 5.32 Å². The van der Waals surface area contributed by atoms with Crippen molar-refractivity contribution in [2.45, 2.75) is 32.4 Å². The Morgan fingerprint density at radius 3 is 1.71 bits per heavy atom. The van der Waals surface area contributed by atoms with Crippen LogP contribution in [0.5, 0.6) is 0 Å². The number of nitrogens with zero attached hydrogens (tertiary/aromatic N) is 4. The van der Waals surface area contributed by atoms with Crippen LogP contribution in [0.15, 0.2) is 0 Å². The van der Waals surface area contributed by atoms with Crippen molar-refractivity contribution in [3.8, 4) is 0 Å². The molecule has 3 aliphatic rings. The molecule has 1 N–H and O–H groups in total. The number of ether oxygens (including phenoxy) is 3. The van der Waals surface area contributed by atoms with E-state index in [1.54, 1.807) is 7.11 Å². The van der Waals surface area contributed by atoms with Crippen LogP contribution in [0.3, 0.4) is 0 Å². The van der Waals surface area contributed by atoms with Crippen LogP contribution in [0.2, 0.25) is 0 Å². The van der Waals surface area contributed by atoms with E-state index in [0.717, 1.165) is 104 Å². The van der Waals surface area contributed by atoms with Crippen molar-refractivity contribution in [1.82, 2.24) is 24.9 Å². The van der Waals surface area contributed by atoms with Crippen LogP contribution in [-0.2, 0) is 14.2 Å². The number of likely N-dealkylation sites (N-methyl/N-ethyl adjacent to an activating group) is 1. The molecule has 0 radical (unpaired) electrons. The van der Waals surface area contributed by atoms with Crippen molar-refractivity contribution in [3.63, 3.8) is 0 Å². The molecule has 8 heteroatoms. The molecule has 3 rings (SSSR count). The summed E-state index contributed by atoms with van der Waals surface area (Å²) in [6.45, 7) is 20.4. The molecular weight excluding hydrogens is 394 g/mol. The van der Waals surface area contributed by atoms with Crippen LogP contribution >= 0.6 is 0 Å². The van der Waals surface area contributed by atoms with Gasteiger partial charge in [0.1, 0.15) is 0 Å². The highest BCUT2D eigenvalue weighted by atomic mass is 16.5. The van der Waals surface area contributed by atoms with E-state index in [1.807, 2.05) is 20.9 Å².